The second kappa shape index (κ2) is 7.85. The minimum Gasteiger partial charge on any atom is -0.355 e. The maximum atomic E-state index is 12.8. The van der Waals surface area contributed by atoms with Gasteiger partial charge < -0.3 is 10.2 Å². The Hall–Kier alpha value is -2.44. The number of H-pyrrole nitrogens is 1. The van der Waals surface area contributed by atoms with Crippen molar-refractivity contribution in [2.45, 2.75) is 56.9 Å². The lowest BCUT2D eigenvalue weighted by Crippen LogP contribution is -2.45. The zero-order valence-electron chi connectivity index (χ0n) is 15.0. The molecule has 1 amide bonds. The topological polar surface area (TPSA) is 86.8 Å². The van der Waals surface area contributed by atoms with Gasteiger partial charge in [0.05, 0.1) is 23.7 Å². The van der Waals surface area contributed by atoms with Crippen molar-refractivity contribution in [1.29, 1.82) is 0 Å². The normalized spacial score (nSPS) is 19.5. The Morgan fingerprint density at radius 1 is 1.08 bits per heavy atom. The Balaban J connectivity index is 1.34. The van der Waals surface area contributed by atoms with Crippen LogP contribution in [0.2, 0.25) is 0 Å². The molecule has 2 fully saturated rings. The van der Waals surface area contributed by atoms with Crippen molar-refractivity contribution in [3.8, 4) is 0 Å². The third-order valence-electron chi connectivity index (χ3n) is 5.63. The van der Waals surface area contributed by atoms with Crippen molar-refractivity contribution >= 4 is 11.7 Å². The van der Waals surface area contributed by atoms with Crippen molar-refractivity contribution in [2.24, 2.45) is 0 Å². The zero-order chi connectivity index (χ0) is 17.8. The van der Waals surface area contributed by atoms with E-state index in [0.717, 1.165) is 55.8 Å². The number of nitrogens with zero attached hydrogens (tertiary/aromatic N) is 4. The van der Waals surface area contributed by atoms with Crippen molar-refractivity contribution in [2.75, 3.05) is 18.0 Å². The van der Waals surface area contributed by atoms with E-state index in [0.29, 0.717) is 5.92 Å². The van der Waals surface area contributed by atoms with Crippen LogP contribution in [0.5, 0.6) is 0 Å². The average Bonchev–Trinajstić information content (AvgIpc) is 3.20. The molecule has 1 aliphatic carbocycles. The van der Waals surface area contributed by atoms with E-state index in [1.54, 1.807) is 24.8 Å². The van der Waals surface area contributed by atoms with E-state index in [1.165, 1.54) is 19.3 Å². The fourth-order valence-corrected chi connectivity index (χ4v) is 4.15. The highest BCUT2D eigenvalue weighted by molar-refractivity contribution is 5.95. The summed E-state index contributed by atoms with van der Waals surface area (Å²) < 4.78 is 0. The molecule has 2 aliphatic rings. The molecule has 0 bridgehead atoms. The Kier molecular flexibility index (Phi) is 5.13. The van der Waals surface area contributed by atoms with Crippen LogP contribution in [0.3, 0.4) is 0 Å². The summed E-state index contributed by atoms with van der Waals surface area (Å²) in [6, 6.07) is 0.199. The first-order valence-electron chi connectivity index (χ1n) is 9.66. The van der Waals surface area contributed by atoms with Crippen LogP contribution in [0.15, 0.2) is 24.8 Å². The Morgan fingerprint density at radius 3 is 2.62 bits per heavy atom. The van der Waals surface area contributed by atoms with Gasteiger partial charge in [0.1, 0.15) is 5.82 Å². The van der Waals surface area contributed by atoms with E-state index in [-0.39, 0.29) is 11.9 Å². The molecule has 1 saturated carbocycles. The molecule has 0 radical (unpaired) electrons. The van der Waals surface area contributed by atoms with Crippen LogP contribution in [-0.2, 0) is 0 Å². The smallest absolute Gasteiger partial charge is 0.254 e. The number of hydrogen-bond acceptors (Lipinski definition) is 5. The van der Waals surface area contributed by atoms with Gasteiger partial charge in [-0.1, -0.05) is 19.3 Å². The van der Waals surface area contributed by atoms with Gasteiger partial charge in [0.25, 0.3) is 5.91 Å². The lowest BCUT2D eigenvalue weighted by Gasteiger charge is -2.33. The van der Waals surface area contributed by atoms with Crippen LogP contribution in [0.4, 0.5) is 5.82 Å². The summed E-state index contributed by atoms with van der Waals surface area (Å²) in [5.74, 6) is 1.37. The summed E-state index contributed by atoms with van der Waals surface area (Å²) in [6.45, 7) is 1.76. The molecule has 1 aliphatic heterocycles. The molecule has 0 unspecified atom stereocenters. The Morgan fingerprint density at radius 2 is 1.88 bits per heavy atom. The molecule has 138 valence electrons. The summed E-state index contributed by atoms with van der Waals surface area (Å²) in [7, 11) is 0. The SMILES string of the molecule is O=C(NC1CCN(c2cnccn2)CC1)c1cn[nH]c1C1CCCCC1. The minimum absolute atomic E-state index is 0.0114. The van der Waals surface area contributed by atoms with Crippen LogP contribution in [0.1, 0.15) is 66.9 Å². The van der Waals surface area contributed by atoms with Gasteiger partial charge >= 0.3 is 0 Å². The maximum absolute atomic E-state index is 12.8. The summed E-state index contributed by atoms with van der Waals surface area (Å²) in [4.78, 5) is 23.5. The average molecular weight is 354 g/mol. The Labute approximate surface area is 153 Å². The summed E-state index contributed by atoms with van der Waals surface area (Å²) in [5, 5.41) is 10.5. The molecule has 0 atom stereocenters. The van der Waals surface area contributed by atoms with Gasteiger partial charge in [-0.3, -0.25) is 14.9 Å². The molecule has 3 heterocycles. The fourth-order valence-electron chi connectivity index (χ4n) is 4.15. The largest absolute Gasteiger partial charge is 0.355 e. The van der Waals surface area contributed by atoms with E-state index in [2.05, 4.69) is 30.4 Å². The molecule has 26 heavy (non-hydrogen) atoms. The van der Waals surface area contributed by atoms with Crippen molar-refractivity contribution < 1.29 is 4.79 Å². The molecule has 7 nitrogen and oxygen atoms in total. The fraction of sp³-hybridized carbons (Fsp3) is 0.579. The highest BCUT2D eigenvalue weighted by atomic mass is 16.1. The van der Waals surface area contributed by atoms with Gasteiger partial charge in [0.2, 0.25) is 0 Å². The van der Waals surface area contributed by atoms with Gasteiger partial charge in [0.15, 0.2) is 0 Å². The van der Waals surface area contributed by atoms with E-state index in [1.807, 2.05) is 0 Å². The third-order valence-corrected chi connectivity index (χ3v) is 5.63. The first kappa shape index (κ1) is 17.0. The second-order valence-corrected chi connectivity index (χ2v) is 7.33. The highest BCUT2D eigenvalue weighted by Crippen LogP contribution is 2.33. The lowest BCUT2D eigenvalue weighted by atomic mass is 9.85. The number of piperidine rings is 1. The molecule has 2 N–H and O–H groups in total. The number of aromatic amines is 1. The van der Waals surface area contributed by atoms with Crippen LogP contribution < -0.4 is 10.2 Å². The van der Waals surface area contributed by atoms with Gasteiger partial charge in [-0.2, -0.15) is 5.10 Å². The molecule has 0 spiro atoms. The quantitative estimate of drug-likeness (QED) is 0.881. The summed E-state index contributed by atoms with van der Waals surface area (Å²) >= 11 is 0. The number of rotatable bonds is 4. The number of carbonyl (C=O) groups is 1. The highest BCUT2D eigenvalue weighted by Gasteiger charge is 2.26. The Bertz CT molecular complexity index is 717. The van der Waals surface area contributed by atoms with Crippen LogP contribution in [-0.4, -0.2) is 45.2 Å². The van der Waals surface area contributed by atoms with Crippen molar-refractivity contribution in [3.63, 3.8) is 0 Å². The number of anilines is 1. The maximum Gasteiger partial charge on any atom is 0.254 e. The van der Waals surface area contributed by atoms with Crippen LogP contribution in [0, 0.1) is 0 Å². The lowest BCUT2D eigenvalue weighted by molar-refractivity contribution is 0.0929. The number of amides is 1. The van der Waals surface area contributed by atoms with E-state index >= 15 is 0 Å². The predicted molar refractivity (Wildman–Crippen MR) is 99.1 cm³/mol. The zero-order valence-corrected chi connectivity index (χ0v) is 15.0. The number of carbonyl (C=O) groups excluding carboxylic acids is 1. The van der Waals surface area contributed by atoms with Gasteiger partial charge in [-0.05, 0) is 25.7 Å². The molecule has 2 aromatic heterocycles. The summed E-state index contributed by atoms with van der Waals surface area (Å²) in [5.41, 5.74) is 1.76. The molecule has 0 aromatic carbocycles. The van der Waals surface area contributed by atoms with E-state index in [4.69, 9.17) is 0 Å². The summed E-state index contributed by atoms with van der Waals surface area (Å²) in [6.07, 6.45) is 14.8. The second-order valence-electron chi connectivity index (χ2n) is 7.33. The van der Waals surface area contributed by atoms with Gasteiger partial charge in [-0.15, -0.1) is 0 Å². The van der Waals surface area contributed by atoms with Crippen LogP contribution >= 0.6 is 0 Å². The van der Waals surface area contributed by atoms with Crippen LogP contribution in [0.25, 0.3) is 0 Å². The predicted octanol–water partition coefficient (Wildman–Crippen LogP) is 2.65. The molecule has 2 aromatic rings. The van der Waals surface area contributed by atoms with Gasteiger partial charge in [-0.25, -0.2) is 4.98 Å². The molecule has 4 rings (SSSR count). The standard InChI is InChI=1S/C19H26N6O/c26-19(16-12-22-24-18(16)14-4-2-1-3-5-14)23-15-6-10-25(11-7-15)17-13-20-8-9-21-17/h8-9,12-15H,1-7,10-11H2,(H,22,24)(H,23,26). The number of hydrogen-bond donors (Lipinski definition) is 2. The minimum atomic E-state index is 0.0114. The number of nitrogens with one attached hydrogen (secondary N) is 2. The van der Waals surface area contributed by atoms with E-state index in [9.17, 15) is 4.79 Å². The van der Waals surface area contributed by atoms with Gasteiger partial charge in [0, 0.05) is 37.4 Å². The van der Waals surface area contributed by atoms with Crippen molar-refractivity contribution in [1.82, 2.24) is 25.5 Å². The van der Waals surface area contributed by atoms with Crippen molar-refractivity contribution in [3.05, 3.63) is 36.0 Å². The molecular weight excluding hydrogens is 328 g/mol. The molecular formula is C19H26N6O. The molecule has 1 saturated heterocycles. The molecule has 7 heteroatoms. The first-order valence-corrected chi connectivity index (χ1v) is 9.66. The number of aromatic nitrogens is 4. The monoisotopic (exact) mass is 354 g/mol. The first-order chi connectivity index (χ1) is 12.8. The van der Waals surface area contributed by atoms with E-state index < -0.39 is 0 Å². The third kappa shape index (κ3) is 3.71.